The fraction of sp³-hybridized carbons (Fsp3) is 0.500. The van der Waals surface area contributed by atoms with Crippen molar-refractivity contribution in [1.82, 2.24) is 9.88 Å². The van der Waals surface area contributed by atoms with Crippen LogP contribution in [0.4, 0.5) is 0 Å². The predicted octanol–water partition coefficient (Wildman–Crippen LogP) is 3.20. The van der Waals surface area contributed by atoms with Gasteiger partial charge in [-0.3, -0.25) is 0 Å². The molecule has 2 heteroatoms. The maximum atomic E-state index is 3.23. The predicted molar refractivity (Wildman–Crippen MR) is 79.3 cm³/mol. The van der Waals surface area contributed by atoms with E-state index in [9.17, 15) is 0 Å². The van der Waals surface area contributed by atoms with Crippen molar-refractivity contribution >= 4 is 10.9 Å². The van der Waals surface area contributed by atoms with E-state index in [1.54, 1.807) is 0 Å². The molecule has 0 amide bonds. The number of fused-ring (bicyclic) bond motifs is 1. The van der Waals surface area contributed by atoms with E-state index in [1.165, 1.54) is 34.1 Å². The number of nitrogens with one attached hydrogen (secondary N) is 1. The molecule has 0 fully saturated rings. The lowest BCUT2D eigenvalue weighted by Gasteiger charge is -2.03. The third kappa shape index (κ3) is 2.30. The molecule has 0 spiro atoms. The number of hydrogen-bond acceptors (Lipinski definition) is 1. The Bertz CT molecular complexity index is 538. The minimum Gasteiger partial charge on any atom is -0.348 e. The van der Waals surface area contributed by atoms with Gasteiger partial charge in [-0.2, -0.15) is 0 Å². The summed E-state index contributed by atoms with van der Waals surface area (Å²) in [6.07, 6.45) is 3.48. The highest BCUT2D eigenvalue weighted by atomic mass is 14.9. The second-order valence-corrected chi connectivity index (χ2v) is 5.04. The Labute approximate surface area is 110 Å². The fourth-order valence-electron chi connectivity index (χ4n) is 2.67. The second-order valence-electron chi connectivity index (χ2n) is 5.04. The van der Waals surface area contributed by atoms with Gasteiger partial charge in [0.15, 0.2) is 0 Å². The normalized spacial score (nSPS) is 11.3. The molecule has 1 heterocycles. The zero-order chi connectivity index (χ0) is 13.1. The van der Waals surface area contributed by atoms with Crippen molar-refractivity contribution in [3.63, 3.8) is 0 Å². The summed E-state index contributed by atoms with van der Waals surface area (Å²) in [5.74, 6) is 0. The highest BCUT2D eigenvalue weighted by Gasteiger charge is 2.11. The van der Waals surface area contributed by atoms with Gasteiger partial charge in [0.25, 0.3) is 0 Å². The molecule has 0 saturated heterocycles. The van der Waals surface area contributed by atoms with Crippen LogP contribution in [0.5, 0.6) is 0 Å². The zero-order valence-corrected chi connectivity index (χ0v) is 12.0. The summed E-state index contributed by atoms with van der Waals surface area (Å²) in [5.41, 5.74) is 5.74. The first-order valence-corrected chi connectivity index (χ1v) is 6.90. The van der Waals surface area contributed by atoms with Crippen LogP contribution in [0.25, 0.3) is 10.9 Å². The Balaban J connectivity index is 2.45. The first kappa shape index (κ1) is 13.2. The van der Waals surface area contributed by atoms with Crippen LogP contribution in [-0.2, 0) is 19.9 Å². The number of rotatable bonds is 5. The Morgan fingerprint density at radius 2 is 2.06 bits per heavy atom. The lowest BCUT2D eigenvalue weighted by molar-refractivity contribution is 0.722. The van der Waals surface area contributed by atoms with Crippen molar-refractivity contribution in [2.75, 3.05) is 13.6 Å². The third-order valence-electron chi connectivity index (χ3n) is 3.95. The zero-order valence-electron chi connectivity index (χ0n) is 12.0. The molecule has 2 rings (SSSR count). The van der Waals surface area contributed by atoms with Crippen LogP contribution in [0.2, 0.25) is 0 Å². The Kier molecular flexibility index (Phi) is 4.07. The highest BCUT2D eigenvalue weighted by Crippen LogP contribution is 2.27. The van der Waals surface area contributed by atoms with Crippen molar-refractivity contribution in [2.24, 2.45) is 7.05 Å². The van der Waals surface area contributed by atoms with Crippen molar-refractivity contribution in [3.8, 4) is 0 Å². The molecule has 0 unspecified atom stereocenters. The minimum absolute atomic E-state index is 1.09. The number of hydrogen-bond donors (Lipinski definition) is 1. The van der Waals surface area contributed by atoms with Crippen LogP contribution in [0.15, 0.2) is 18.2 Å². The monoisotopic (exact) mass is 244 g/mol. The molecule has 0 aliphatic rings. The Hall–Kier alpha value is -1.28. The van der Waals surface area contributed by atoms with Gasteiger partial charge in [-0.05, 0) is 63.0 Å². The van der Waals surface area contributed by atoms with E-state index in [2.05, 4.69) is 49.0 Å². The average Bonchev–Trinajstić information content (AvgIpc) is 2.63. The lowest BCUT2D eigenvalue weighted by Crippen LogP contribution is -2.08. The minimum atomic E-state index is 1.09. The van der Waals surface area contributed by atoms with Gasteiger partial charge in [0.1, 0.15) is 0 Å². The molecule has 0 aliphatic carbocycles. The smallest absolute Gasteiger partial charge is 0.0482 e. The summed E-state index contributed by atoms with van der Waals surface area (Å²) in [7, 11) is 4.19. The maximum absolute atomic E-state index is 3.23. The molecule has 18 heavy (non-hydrogen) atoms. The highest BCUT2D eigenvalue weighted by molar-refractivity contribution is 5.86. The maximum Gasteiger partial charge on any atom is 0.0482 e. The van der Waals surface area contributed by atoms with E-state index in [-0.39, 0.29) is 0 Å². The molecule has 0 atom stereocenters. The second kappa shape index (κ2) is 5.57. The average molecular weight is 244 g/mol. The fourth-order valence-corrected chi connectivity index (χ4v) is 2.67. The molecule has 2 aromatic rings. The quantitative estimate of drug-likeness (QED) is 0.799. The number of nitrogens with zero attached hydrogens (tertiary/aromatic N) is 1. The lowest BCUT2D eigenvalue weighted by atomic mass is 10.0. The van der Waals surface area contributed by atoms with Gasteiger partial charge >= 0.3 is 0 Å². The van der Waals surface area contributed by atoms with E-state index in [0.717, 1.165) is 19.4 Å². The van der Waals surface area contributed by atoms with E-state index in [0.29, 0.717) is 0 Å². The summed E-state index contributed by atoms with van der Waals surface area (Å²) >= 11 is 0. The van der Waals surface area contributed by atoms with E-state index >= 15 is 0 Å². The molecule has 0 saturated carbocycles. The van der Waals surface area contributed by atoms with Gasteiger partial charge in [-0.1, -0.05) is 13.0 Å². The molecule has 1 N–H and O–H groups in total. The SMILES string of the molecule is CCc1ccc2c(c1)c(CCCNC)c(C)n2C. The van der Waals surface area contributed by atoms with Crippen LogP contribution in [0, 0.1) is 6.92 Å². The van der Waals surface area contributed by atoms with Crippen LogP contribution in [-0.4, -0.2) is 18.2 Å². The van der Waals surface area contributed by atoms with Gasteiger partial charge in [-0.15, -0.1) is 0 Å². The van der Waals surface area contributed by atoms with Gasteiger partial charge in [0.2, 0.25) is 0 Å². The number of aromatic nitrogens is 1. The van der Waals surface area contributed by atoms with Crippen LogP contribution < -0.4 is 5.32 Å². The standard InChI is InChI=1S/C16H24N2/c1-5-13-8-9-16-15(11-13)14(7-6-10-17-3)12(2)18(16)4/h8-9,11,17H,5-7,10H2,1-4H3. The largest absolute Gasteiger partial charge is 0.348 e. The molecule has 0 radical (unpaired) electrons. The molecule has 1 aromatic heterocycles. The summed E-state index contributed by atoms with van der Waals surface area (Å²) in [5, 5.41) is 4.68. The molecule has 0 aliphatic heterocycles. The summed E-state index contributed by atoms with van der Waals surface area (Å²) in [6.45, 7) is 5.54. The molecule has 2 nitrogen and oxygen atoms in total. The molecule has 0 bridgehead atoms. The topological polar surface area (TPSA) is 17.0 Å². The van der Waals surface area contributed by atoms with Crippen LogP contribution in [0.3, 0.4) is 0 Å². The van der Waals surface area contributed by atoms with Gasteiger partial charge in [0, 0.05) is 23.6 Å². The molecular formula is C16H24N2. The van der Waals surface area contributed by atoms with E-state index in [4.69, 9.17) is 0 Å². The van der Waals surface area contributed by atoms with Gasteiger partial charge in [-0.25, -0.2) is 0 Å². The summed E-state index contributed by atoms with van der Waals surface area (Å²) in [4.78, 5) is 0. The first-order valence-electron chi connectivity index (χ1n) is 6.90. The van der Waals surface area contributed by atoms with Crippen LogP contribution >= 0.6 is 0 Å². The van der Waals surface area contributed by atoms with Crippen LogP contribution in [0.1, 0.15) is 30.2 Å². The Morgan fingerprint density at radius 1 is 1.28 bits per heavy atom. The molecule has 1 aromatic carbocycles. The van der Waals surface area contributed by atoms with Crippen molar-refractivity contribution in [3.05, 3.63) is 35.0 Å². The first-order chi connectivity index (χ1) is 8.69. The van der Waals surface area contributed by atoms with Crippen molar-refractivity contribution < 1.29 is 0 Å². The molecular weight excluding hydrogens is 220 g/mol. The van der Waals surface area contributed by atoms with E-state index in [1.807, 2.05) is 7.05 Å². The number of aryl methyl sites for hydroxylation is 3. The van der Waals surface area contributed by atoms with Crippen molar-refractivity contribution in [2.45, 2.75) is 33.1 Å². The summed E-state index contributed by atoms with van der Waals surface area (Å²) in [6, 6.07) is 6.89. The van der Waals surface area contributed by atoms with Gasteiger partial charge < -0.3 is 9.88 Å². The summed E-state index contributed by atoms with van der Waals surface area (Å²) < 4.78 is 2.32. The number of benzene rings is 1. The molecule has 98 valence electrons. The Morgan fingerprint density at radius 3 is 2.72 bits per heavy atom. The third-order valence-corrected chi connectivity index (χ3v) is 3.95. The van der Waals surface area contributed by atoms with Gasteiger partial charge in [0.05, 0.1) is 0 Å². The van der Waals surface area contributed by atoms with E-state index < -0.39 is 0 Å². The van der Waals surface area contributed by atoms with Crippen molar-refractivity contribution in [1.29, 1.82) is 0 Å².